The molecule has 1 amide bonds. The first-order valence-electron chi connectivity index (χ1n) is 17.3. The Kier molecular flexibility index (Phi) is 17.2. The van der Waals surface area contributed by atoms with Gasteiger partial charge in [-0.05, 0) is 90.0 Å². The molecule has 7 aromatic carbocycles. The van der Waals surface area contributed by atoms with E-state index in [1.54, 1.807) is 60.7 Å². The Hall–Kier alpha value is -4.69. The molecular weight excluding hydrogens is 832 g/mol. The van der Waals surface area contributed by atoms with Gasteiger partial charge in [0.25, 0.3) is 16.3 Å². The first-order chi connectivity index (χ1) is 27.8. The number of nitrogens with one attached hydrogen (secondary N) is 1. The molecule has 0 aliphatic rings. The van der Waals surface area contributed by atoms with E-state index in [2.05, 4.69) is 42.1 Å². The summed E-state index contributed by atoms with van der Waals surface area (Å²) in [5.41, 5.74) is 4.73. The SMILES string of the molecule is Cc1cc(-c2ccc(N=Nc3c[c-]c4ccccc4c3OS(=O)(=O)[O-])c(C)c2)ccc1N=Nc1ccc(N=Nc2c(O)ccc3ccccc23)cc1NC(=O)C(=O)[O-].[Na+].[Na+].[Na+]. The third-order valence-corrected chi connectivity index (χ3v) is 9.14. The number of hydrogen-bond donors (Lipinski definition) is 2. The molecule has 0 saturated heterocycles. The molecule has 0 aliphatic carbocycles. The molecule has 0 spiro atoms. The molecule has 0 bridgehead atoms. The second-order valence-electron chi connectivity index (χ2n) is 12.7. The number of benzene rings is 7. The summed E-state index contributed by atoms with van der Waals surface area (Å²) in [6.45, 7) is 3.66. The number of carbonyl (C=O) groups is 2. The predicted octanol–water partition coefficient (Wildman–Crippen LogP) is 0.568. The number of nitrogens with zero attached hydrogens (tertiary/aromatic N) is 6. The van der Waals surface area contributed by atoms with E-state index in [-0.39, 0.29) is 129 Å². The molecule has 2 N–H and O–H groups in total. The largest absolute Gasteiger partial charge is 1.00 e. The van der Waals surface area contributed by atoms with Crippen molar-refractivity contribution < 1.29 is 126 Å². The van der Waals surface area contributed by atoms with Crippen LogP contribution in [0.15, 0.2) is 152 Å². The number of amides is 1. The summed E-state index contributed by atoms with van der Waals surface area (Å²) in [4.78, 5) is 23.4. The average molecular weight is 860 g/mol. The molecule has 0 atom stereocenters. The number of carboxylic acid groups (broad SMARTS) is 1. The number of carbonyl (C=O) groups excluding carboxylic acids is 2. The smallest absolute Gasteiger partial charge is 0.716 e. The first kappa shape index (κ1) is 49.0. The molecule has 19 heteroatoms. The van der Waals surface area contributed by atoms with Crippen LogP contribution in [-0.2, 0) is 20.0 Å². The summed E-state index contributed by atoms with van der Waals surface area (Å²) < 4.78 is 39.3. The van der Waals surface area contributed by atoms with Crippen LogP contribution in [0.2, 0.25) is 0 Å². The van der Waals surface area contributed by atoms with Gasteiger partial charge < -0.3 is 29.1 Å². The van der Waals surface area contributed by atoms with Crippen LogP contribution in [0.4, 0.5) is 39.8 Å². The van der Waals surface area contributed by atoms with Gasteiger partial charge in [0.05, 0.1) is 28.5 Å². The molecule has 61 heavy (non-hydrogen) atoms. The Labute approximate surface area is 415 Å². The summed E-state index contributed by atoms with van der Waals surface area (Å²) in [5, 5.41) is 51.9. The van der Waals surface area contributed by atoms with E-state index in [0.717, 1.165) is 27.6 Å². The van der Waals surface area contributed by atoms with Crippen molar-refractivity contribution in [1.82, 2.24) is 0 Å². The van der Waals surface area contributed by atoms with Gasteiger partial charge in [-0.15, -0.1) is 39.9 Å². The van der Waals surface area contributed by atoms with E-state index >= 15 is 0 Å². The normalized spacial score (nSPS) is 11.3. The molecule has 0 saturated carbocycles. The Balaban J connectivity index is 0.00000273. The molecule has 0 unspecified atom stereocenters. The summed E-state index contributed by atoms with van der Waals surface area (Å²) in [6, 6.07) is 36.9. The maximum Gasteiger partial charge on any atom is 1.00 e. The van der Waals surface area contributed by atoms with Crippen molar-refractivity contribution in [2.24, 2.45) is 30.7 Å². The molecule has 0 heterocycles. The summed E-state index contributed by atoms with van der Waals surface area (Å²) in [6.07, 6.45) is 0. The number of aryl methyl sites for hydroxylation is 2. The van der Waals surface area contributed by atoms with Crippen LogP contribution in [0.25, 0.3) is 32.7 Å². The number of aromatic hydroxyl groups is 1. The zero-order valence-corrected chi connectivity index (χ0v) is 40.3. The Bertz CT molecular complexity index is 3000. The number of phenols is 1. The first-order valence-corrected chi connectivity index (χ1v) is 18.6. The molecule has 0 aromatic heterocycles. The molecule has 0 radical (unpaired) electrons. The van der Waals surface area contributed by atoms with Gasteiger partial charge in [0.1, 0.15) is 23.1 Å². The van der Waals surface area contributed by atoms with Crippen molar-refractivity contribution in [3.05, 3.63) is 139 Å². The Morgan fingerprint density at radius 3 is 1.87 bits per heavy atom. The van der Waals surface area contributed by atoms with Crippen LogP contribution < -0.4 is 103 Å². The van der Waals surface area contributed by atoms with Crippen molar-refractivity contribution >= 4 is 83.6 Å². The standard InChI is InChI=1S/C42H30N7O8S.3Na/c1-24-21-28(29-13-17-34(25(2)22-29)46-48-36-18-11-27-8-4-6-10-32(27)40(36)57-58(54,55)56)12-16-33(24)45-47-35-19-15-30(23-37(35)43-41(51)42(52)53)44-49-39-31-9-5-3-7-26(31)14-20-38(39)50;;;/h3-10,12-23,50H,1-2H3,(H,43,51)(H,52,53)(H,54,55,56);;;/q-1;3*+1/p-2. The second kappa shape index (κ2) is 21.4. The van der Waals surface area contributed by atoms with Crippen molar-refractivity contribution in [2.45, 2.75) is 13.8 Å². The number of rotatable bonds is 10. The van der Waals surface area contributed by atoms with Gasteiger partial charge in [-0.25, -0.2) is 8.42 Å². The number of anilines is 1. The number of azo groups is 3. The summed E-state index contributed by atoms with van der Waals surface area (Å²) in [5.74, 6) is -3.68. The fraction of sp³-hybridized carbons (Fsp3) is 0.0476. The van der Waals surface area contributed by atoms with E-state index in [4.69, 9.17) is 4.18 Å². The minimum absolute atomic E-state index is 0. The molecule has 7 rings (SSSR count). The minimum Gasteiger partial charge on any atom is -0.716 e. The quantitative estimate of drug-likeness (QED) is 0.0492. The van der Waals surface area contributed by atoms with Crippen LogP contribution in [0.1, 0.15) is 11.1 Å². The van der Waals surface area contributed by atoms with Crippen LogP contribution >= 0.6 is 0 Å². The number of fused-ring (bicyclic) bond motifs is 2. The number of aliphatic carboxylic acids is 1. The van der Waals surface area contributed by atoms with Crippen molar-refractivity contribution in [2.75, 3.05) is 5.32 Å². The minimum atomic E-state index is -5.10. The van der Waals surface area contributed by atoms with Gasteiger partial charge in [-0.3, -0.25) is 4.79 Å². The molecule has 0 fully saturated rings. The zero-order valence-electron chi connectivity index (χ0n) is 33.4. The van der Waals surface area contributed by atoms with Gasteiger partial charge in [0.15, 0.2) is 0 Å². The maximum absolute atomic E-state index is 12.1. The van der Waals surface area contributed by atoms with Gasteiger partial charge in [-0.2, -0.15) is 20.5 Å². The van der Waals surface area contributed by atoms with E-state index in [0.29, 0.717) is 27.5 Å². The van der Waals surface area contributed by atoms with Crippen molar-refractivity contribution in [3.8, 4) is 22.6 Å². The fourth-order valence-corrected chi connectivity index (χ4v) is 6.31. The summed E-state index contributed by atoms with van der Waals surface area (Å²) in [7, 11) is -5.10. The number of phenolic OH excluding ortho intramolecular Hbond substituents is 1. The fourth-order valence-electron chi connectivity index (χ4n) is 5.93. The van der Waals surface area contributed by atoms with Gasteiger partial charge in [-0.1, -0.05) is 60.0 Å². The molecule has 288 valence electrons. The average Bonchev–Trinajstić information content (AvgIpc) is 3.20. The van der Waals surface area contributed by atoms with E-state index in [9.17, 15) is 32.8 Å². The maximum atomic E-state index is 12.1. The van der Waals surface area contributed by atoms with Crippen molar-refractivity contribution in [1.29, 1.82) is 0 Å². The molecule has 7 aromatic rings. The van der Waals surface area contributed by atoms with Crippen LogP contribution in [0, 0.1) is 19.9 Å². The van der Waals surface area contributed by atoms with Gasteiger partial charge in [0, 0.05) is 11.1 Å². The van der Waals surface area contributed by atoms with Gasteiger partial charge >= 0.3 is 88.7 Å². The second-order valence-corrected chi connectivity index (χ2v) is 13.7. The zero-order chi connectivity index (χ0) is 41.0. The molecule has 15 nitrogen and oxygen atoms in total. The van der Waals surface area contributed by atoms with Crippen LogP contribution in [-0.4, -0.2) is 30.0 Å². The van der Waals surface area contributed by atoms with E-state index < -0.39 is 22.3 Å². The topological polar surface area (TPSA) is 230 Å². The van der Waals surface area contributed by atoms with E-state index in [1.807, 2.05) is 50.2 Å². The summed E-state index contributed by atoms with van der Waals surface area (Å²) >= 11 is 0. The predicted molar refractivity (Wildman–Crippen MR) is 213 cm³/mol. The van der Waals surface area contributed by atoms with Gasteiger partial charge in [0.2, 0.25) is 0 Å². The third kappa shape index (κ3) is 12.0. The Morgan fingerprint density at radius 2 is 1.25 bits per heavy atom. The molecule has 0 aliphatic heterocycles. The van der Waals surface area contributed by atoms with Crippen molar-refractivity contribution in [3.63, 3.8) is 0 Å². The van der Waals surface area contributed by atoms with E-state index in [1.165, 1.54) is 24.3 Å². The van der Waals surface area contributed by atoms with Crippen LogP contribution in [0.3, 0.4) is 0 Å². The number of carboxylic acids is 1. The Morgan fingerprint density at radius 1 is 0.672 bits per heavy atom. The van der Waals surface area contributed by atoms with Crippen LogP contribution in [0.5, 0.6) is 11.5 Å². The molecular formula is C42H28N7Na3O8S. The monoisotopic (exact) mass is 859 g/mol. The number of hydrogen-bond acceptors (Lipinski definition) is 14. The third-order valence-electron chi connectivity index (χ3n) is 8.77.